The van der Waals surface area contributed by atoms with Crippen LogP contribution in [-0.4, -0.2) is 13.1 Å². The van der Waals surface area contributed by atoms with Crippen LogP contribution in [0.5, 0.6) is 0 Å². The van der Waals surface area contributed by atoms with Gasteiger partial charge in [0.1, 0.15) is 0 Å². The third-order valence-corrected chi connectivity index (χ3v) is 3.13. The number of hydrogen-bond donors (Lipinski definition) is 1. The van der Waals surface area contributed by atoms with Gasteiger partial charge in [-0.3, -0.25) is 0 Å². The van der Waals surface area contributed by atoms with Crippen LogP contribution in [-0.2, 0) is 0 Å². The maximum atomic E-state index is 6.05. The first-order valence-electron chi connectivity index (χ1n) is 6.49. The van der Waals surface area contributed by atoms with Gasteiger partial charge in [-0.2, -0.15) is 0 Å². The Morgan fingerprint density at radius 3 is 2.24 bits per heavy atom. The highest BCUT2D eigenvalue weighted by Crippen LogP contribution is 2.27. The number of rotatable bonds is 7. The highest BCUT2D eigenvalue weighted by molar-refractivity contribution is 6.31. The Labute approximate surface area is 110 Å². The predicted molar refractivity (Wildman–Crippen MR) is 77.9 cm³/mol. The molecule has 17 heavy (non-hydrogen) atoms. The number of hydrogen-bond acceptors (Lipinski definition) is 2. The minimum Gasteiger partial charge on any atom is -0.397 e. The minimum atomic E-state index is 0.757. The van der Waals surface area contributed by atoms with E-state index >= 15 is 0 Å². The van der Waals surface area contributed by atoms with Crippen molar-refractivity contribution in [1.82, 2.24) is 0 Å². The molecule has 1 aromatic rings. The van der Waals surface area contributed by atoms with Crippen molar-refractivity contribution >= 4 is 23.0 Å². The molecule has 0 spiro atoms. The van der Waals surface area contributed by atoms with Gasteiger partial charge in [0.15, 0.2) is 0 Å². The molecule has 0 aliphatic heterocycles. The van der Waals surface area contributed by atoms with Crippen molar-refractivity contribution in [2.24, 2.45) is 0 Å². The average molecular weight is 255 g/mol. The summed E-state index contributed by atoms with van der Waals surface area (Å²) in [5, 5.41) is 0.757. The summed E-state index contributed by atoms with van der Waals surface area (Å²) in [4.78, 5) is 2.36. The Balaban J connectivity index is 2.82. The zero-order valence-electron chi connectivity index (χ0n) is 10.9. The van der Waals surface area contributed by atoms with Gasteiger partial charge in [-0.05, 0) is 31.0 Å². The minimum absolute atomic E-state index is 0.757. The molecule has 2 N–H and O–H groups in total. The van der Waals surface area contributed by atoms with E-state index in [0.29, 0.717) is 0 Å². The molecule has 0 bridgehead atoms. The van der Waals surface area contributed by atoms with E-state index in [4.69, 9.17) is 17.3 Å². The van der Waals surface area contributed by atoms with Crippen molar-refractivity contribution in [3.63, 3.8) is 0 Å². The Morgan fingerprint density at radius 2 is 1.71 bits per heavy atom. The first-order chi connectivity index (χ1) is 8.19. The third-order valence-electron chi connectivity index (χ3n) is 2.90. The quantitative estimate of drug-likeness (QED) is 0.734. The summed E-state index contributed by atoms with van der Waals surface area (Å²) in [7, 11) is 0. The SMILES string of the molecule is CCCCN(CCCC)c1cc(Cl)ccc1N. The maximum absolute atomic E-state index is 6.05. The van der Waals surface area contributed by atoms with E-state index in [1.807, 2.05) is 18.2 Å². The number of halogens is 1. The molecule has 0 amide bonds. The lowest BCUT2D eigenvalue weighted by atomic mass is 10.2. The largest absolute Gasteiger partial charge is 0.397 e. The lowest BCUT2D eigenvalue weighted by Gasteiger charge is -2.26. The van der Waals surface area contributed by atoms with Gasteiger partial charge in [-0.25, -0.2) is 0 Å². The van der Waals surface area contributed by atoms with Gasteiger partial charge < -0.3 is 10.6 Å². The second kappa shape index (κ2) is 7.44. The smallest absolute Gasteiger partial charge is 0.0614 e. The van der Waals surface area contributed by atoms with Crippen LogP contribution in [0.15, 0.2) is 18.2 Å². The van der Waals surface area contributed by atoms with Crippen molar-refractivity contribution in [1.29, 1.82) is 0 Å². The van der Waals surface area contributed by atoms with E-state index in [1.165, 1.54) is 25.7 Å². The number of nitrogens with two attached hydrogens (primary N) is 1. The molecule has 0 radical (unpaired) electrons. The molecular weight excluding hydrogens is 232 g/mol. The second-order valence-electron chi connectivity index (χ2n) is 4.40. The van der Waals surface area contributed by atoms with Crippen LogP contribution >= 0.6 is 11.6 Å². The van der Waals surface area contributed by atoms with Crippen molar-refractivity contribution in [2.75, 3.05) is 23.7 Å². The highest BCUT2D eigenvalue weighted by Gasteiger charge is 2.09. The second-order valence-corrected chi connectivity index (χ2v) is 4.83. The van der Waals surface area contributed by atoms with Gasteiger partial charge in [-0.1, -0.05) is 38.3 Å². The summed E-state index contributed by atoms with van der Waals surface area (Å²) in [6, 6.07) is 5.71. The van der Waals surface area contributed by atoms with Crippen LogP contribution in [0, 0.1) is 0 Å². The molecule has 0 aliphatic rings. The van der Waals surface area contributed by atoms with Gasteiger partial charge in [0, 0.05) is 18.1 Å². The molecule has 0 aliphatic carbocycles. The lowest BCUT2D eigenvalue weighted by molar-refractivity contribution is 0.678. The number of unbranched alkanes of at least 4 members (excludes halogenated alkanes) is 2. The number of benzene rings is 1. The van der Waals surface area contributed by atoms with Gasteiger partial charge in [-0.15, -0.1) is 0 Å². The van der Waals surface area contributed by atoms with Crippen molar-refractivity contribution in [3.8, 4) is 0 Å². The van der Waals surface area contributed by atoms with Crippen LogP contribution in [0.4, 0.5) is 11.4 Å². The molecule has 96 valence electrons. The first kappa shape index (κ1) is 14.2. The Kier molecular flexibility index (Phi) is 6.20. The van der Waals surface area contributed by atoms with Gasteiger partial charge in [0.25, 0.3) is 0 Å². The van der Waals surface area contributed by atoms with E-state index in [0.717, 1.165) is 29.5 Å². The predicted octanol–water partition coefficient (Wildman–Crippen LogP) is 4.33. The highest BCUT2D eigenvalue weighted by atomic mass is 35.5. The molecule has 1 rings (SSSR count). The van der Waals surface area contributed by atoms with E-state index in [2.05, 4.69) is 18.7 Å². The standard InChI is InChI=1S/C14H23ClN2/c1-3-5-9-17(10-6-4-2)14-11-12(15)7-8-13(14)16/h7-8,11H,3-6,9-10,16H2,1-2H3. The van der Waals surface area contributed by atoms with Gasteiger partial charge in [0.2, 0.25) is 0 Å². The molecule has 0 atom stereocenters. The fourth-order valence-corrected chi connectivity index (χ4v) is 2.01. The zero-order valence-corrected chi connectivity index (χ0v) is 11.6. The maximum Gasteiger partial charge on any atom is 0.0614 e. The fourth-order valence-electron chi connectivity index (χ4n) is 1.84. The first-order valence-corrected chi connectivity index (χ1v) is 6.86. The summed E-state index contributed by atoms with van der Waals surface area (Å²) in [5.74, 6) is 0. The summed E-state index contributed by atoms with van der Waals surface area (Å²) in [6.45, 7) is 6.53. The van der Waals surface area contributed by atoms with Crippen molar-refractivity contribution < 1.29 is 0 Å². The van der Waals surface area contributed by atoms with Crippen LogP contribution in [0.25, 0.3) is 0 Å². The van der Waals surface area contributed by atoms with E-state index in [-0.39, 0.29) is 0 Å². The Morgan fingerprint density at radius 1 is 1.12 bits per heavy atom. The van der Waals surface area contributed by atoms with Gasteiger partial charge in [0.05, 0.1) is 11.4 Å². The lowest BCUT2D eigenvalue weighted by Crippen LogP contribution is -2.26. The van der Waals surface area contributed by atoms with Crippen LogP contribution < -0.4 is 10.6 Å². The Hall–Kier alpha value is -0.890. The fraction of sp³-hybridized carbons (Fsp3) is 0.571. The number of anilines is 2. The van der Waals surface area contributed by atoms with Gasteiger partial charge >= 0.3 is 0 Å². The molecule has 0 heterocycles. The van der Waals surface area contributed by atoms with Crippen LogP contribution in [0.1, 0.15) is 39.5 Å². The zero-order chi connectivity index (χ0) is 12.7. The summed E-state index contributed by atoms with van der Waals surface area (Å²) < 4.78 is 0. The molecule has 2 nitrogen and oxygen atoms in total. The Bertz CT molecular complexity index is 331. The molecule has 1 aromatic carbocycles. The molecule has 0 aromatic heterocycles. The third kappa shape index (κ3) is 4.47. The number of nitrogen functional groups attached to an aromatic ring is 1. The summed E-state index contributed by atoms with van der Waals surface area (Å²) >= 11 is 6.05. The average Bonchev–Trinajstić information content (AvgIpc) is 2.33. The summed E-state index contributed by atoms with van der Waals surface area (Å²) in [6.07, 6.45) is 4.78. The molecule has 3 heteroatoms. The normalized spacial score (nSPS) is 10.5. The van der Waals surface area contributed by atoms with Crippen LogP contribution in [0.3, 0.4) is 0 Å². The number of nitrogens with zero attached hydrogens (tertiary/aromatic N) is 1. The molecule has 0 fully saturated rings. The van der Waals surface area contributed by atoms with E-state index in [1.54, 1.807) is 0 Å². The van der Waals surface area contributed by atoms with E-state index < -0.39 is 0 Å². The molecule has 0 saturated carbocycles. The van der Waals surface area contributed by atoms with E-state index in [9.17, 15) is 0 Å². The van der Waals surface area contributed by atoms with Crippen LogP contribution in [0.2, 0.25) is 5.02 Å². The topological polar surface area (TPSA) is 29.3 Å². The van der Waals surface area contributed by atoms with Crippen molar-refractivity contribution in [3.05, 3.63) is 23.2 Å². The van der Waals surface area contributed by atoms with Crippen molar-refractivity contribution in [2.45, 2.75) is 39.5 Å². The summed E-state index contributed by atoms with van der Waals surface area (Å²) in [5.41, 5.74) is 7.94. The molecule has 0 unspecified atom stereocenters. The molecule has 0 saturated heterocycles. The monoisotopic (exact) mass is 254 g/mol. The molecular formula is C14H23ClN2.